The highest BCUT2D eigenvalue weighted by molar-refractivity contribution is 5.83. The van der Waals surface area contributed by atoms with Crippen LogP contribution in [0, 0.1) is 0 Å². The normalized spacial score (nSPS) is 21.8. The van der Waals surface area contributed by atoms with Crippen molar-refractivity contribution in [3.63, 3.8) is 0 Å². The molecular weight excluding hydrogens is 390 g/mol. The average molecular weight is 426 g/mol. The van der Waals surface area contributed by atoms with E-state index in [9.17, 15) is 0 Å². The van der Waals surface area contributed by atoms with E-state index in [4.69, 9.17) is 20.9 Å². The Labute approximate surface area is 185 Å². The maximum atomic E-state index is 6.59. The first-order chi connectivity index (χ1) is 14.8. The Morgan fingerprint density at radius 2 is 1.90 bits per heavy atom. The number of methoxy groups -OCH3 is 1. The van der Waals surface area contributed by atoms with Crippen molar-refractivity contribution < 1.29 is 9.47 Å². The molecule has 2 aromatic rings. The SMILES string of the molecule is COCCN(C)c1c(OC2CCC(N)CC2)ccc2c1CC(C)(C)c1c(N)ncnc1-2. The highest BCUT2D eigenvalue weighted by Gasteiger charge is 2.37. The van der Waals surface area contributed by atoms with Gasteiger partial charge in [-0.25, -0.2) is 9.97 Å². The standard InChI is InChI=1S/C24H35N5O2/c1-24(2)13-18-17(21-20(24)23(26)28-14-27-21)9-10-19(22(18)29(3)11-12-30-4)31-16-7-5-15(25)6-8-16/h9-10,14-16H,5-8,11-13,25H2,1-4H3,(H2,26,27,28). The summed E-state index contributed by atoms with van der Waals surface area (Å²) < 4.78 is 11.9. The molecule has 1 aromatic carbocycles. The van der Waals surface area contributed by atoms with Crippen molar-refractivity contribution in [2.45, 2.75) is 63.5 Å². The lowest BCUT2D eigenvalue weighted by Gasteiger charge is -2.37. The van der Waals surface area contributed by atoms with Crippen LogP contribution in [0.2, 0.25) is 0 Å². The molecule has 7 heteroatoms. The molecule has 2 aliphatic rings. The van der Waals surface area contributed by atoms with E-state index >= 15 is 0 Å². The van der Waals surface area contributed by atoms with Crippen LogP contribution < -0.4 is 21.1 Å². The number of anilines is 2. The van der Waals surface area contributed by atoms with Crippen molar-refractivity contribution in [1.82, 2.24) is 9.97 Å². The van der Waals surface area contributed by atoms with Gasteiger partial charge in [-0.2, -0.15) is 0 Å². The fraction of sp³-hybridized carbons (Fsp3) is 0.583. The van der Waals surface area contributed by atoms with E-state index in [1.165, 1.54) is 5.56 Å². The summed E-state index contributed by atoms with van der Waals surface area (Å²) in [6, 6.07) is 4.52. The van der Waals surface area contributed by atoms with E-state index in [-0.39, 0.29) is 11.5 Å². The molecule has 0 radical (unpaired) electrons. The van der Waals surface area contributed by atoms with Gasteiger partial charge >= 0.3 is 0 Å². The van der Waals surface area contributed by atoms with Crippen molar-refractivity contribution in [2.24, 2.45) is 5.73 Å². The first kappa shape index (κ1) is 21.8. The summed E-state index contributed by atoms with van der Waals surface area (Å²) >= 11 is 0. The van der Waals surface area contributed by atoms with Gasteiger partial charge in [-0.05, 0) is 55.2 Å². The summed E-state index contributed by atoms with van der Waals surface area (Å²) in [6.07, 6.45) is 6.63. The first-order valence-corrected chi connectivity index (χ1v) is 11.2. The van der Waals surface area contributed by atoms with Gasteiger partial charge in [0.2, 0.25) is 0 Å². The maximum absolute atomic E-state index is 6.59. The zero-order valence-electron chi connectivity index (χ0n) is 19.1. The first-order valence-electron chi connectivity index (χ1n) is 11.2. The summed E-state index contributed by atoms with van der Waals surface area (Å²) in [7, 11) is 3.84. The van der Waals surface area contributed by atoms with Crippen molar-refractivity contribution in [2.75, 3.05) is 37.9 Å². The van der Waals surface area contributed by atoms with Crippen LogP contribution in [0.4, 0.5) is 11.5 Å². The van der Waals surface area contributed by atoms with Crippen LogP contribution >= 0.6 is 0 Å². The van der Waals surface area contributed by atoms with Gasteiger partial charge in [0.25, 0.3) is 0 Å². The molecule has 31 heavy (non-hydrogen) atoms. The molecule has 0 bridgehead atoms. The van der Waals surface area contributed by atoms with Crippen LogP contribution in [-0.4, -0.2) is 49.4 Å². The lowest BCUT2D eigenvalue weighted by molar-refractivity contribution is 0.147. The van der Waals surface area contributed by atoms with Crippen LogP contribution in [-0.2, 0) is 16.6 Å². The summed E-state index contributed by atoms with van der Waals surface area (Å²) in [5.74, 6) is 1.49. The fourth-order valence-corrected chi connectivity index (χ4v) is 5.06. The summed E-state index contributed by atoms with van der Waals surface area (Å²) in [5.41, 5.74) is 17.7. The molecule has 1 fully saturated rings. The van der Waals surface area contributed by atoms with E-state index in [0.717, 1.165) is 66.9 Å². The number of nitrogens with zero attached hydrogens (tertiary/aromatic N) is 3. The second kappa shape index (κ2) is 8.63. The minimum absolute atomic E-state index is 0.180. The number of aromatic nitrogens is 2. The largest absolute Gasteiger partial charge is 0.488 e. The summed E-state index contributed by atoms with van der Waals surface area (Å²) in [6.45, 7) is 5.85. The van der Waals surface area contributed by atoms with E-state index in [2.05, 4.69) is 47.9 Å². The highest BCUT2D eigenvalue weighted by atomic mass is 16.5. The fourth-order valence-electron chi connectivity index (χ4n) is 5.06. The minimum Gasteiger partial charge on any atom is -0.488 e. The van der Waals surface area contributed by atoms with Crippen molar-refractivity contribution >= 4 is 11.5 Å². The quantitative estimate of drug-likeness (QED) is 0.732. The third-order valence-electron chi connectivity index (χ3n) is 6.70. The van der Waals surface area contributed by atoms with Gasteiger partial charge in [0, 0.05) is 37.9 Å². The zero-order valence-corrected chi connectivity index (χ0v) is 19.1. The summed E-state index contributed by atoms with van der Waals surface area (Å²) in [5, 5.41) is 0. The monoisotopic (exact) mass is 425 g/mol. The smallest absolute Gasteiger partial charge is 0.143 e. The van der Waals surface area contributed by atoms with Crippen LogP contribution in [0.5, 0.6) is 5.75 Å². The molecule has 0 saturated heterocycles. The predicted octanol–water partition coefficient (Wildman–Crippen LogP) is 3.29. The Bertz CT molecular complexity index is 938. The predicted molar refractivity (Wildman–Crippen MR) is 125 cm³/mol. The molecule has 1 heterocycles. The number of hydrogen-bond donors (Lipinski definition) is 2. The van der Waals surface area contributed by atoms with E-state index in [0.29, 0.717) is 18.5 Å². The van der Waals surface area contributed by atoms with Gasteiger partial charge in [-0.15, -0.1) is 0 Å². The molecule has 1 aromatic heterocycles. The molecule has 0 amide bonds. The van der Waals surface area contributed by atoms with Gasteiger partial charge in [0.15, 0.2) is 0 Å². The molecule has 4 N–H and O–H groups in total. The number of fused-ring (bicyclic) bond motifs is 3. The van der Waals surface area contributed by atoms with E-state index in [1.807, 2.05) is 0 Å². The van der Waals surface area contributed by atoms with Gasteiger partial charge in [0.1, 0.15) is 17.9 Å². The maximum Gasteiger partial charge on any atom is 0.143 e. The third-order valence-corrected chi connectivity index (χ3v) is 6.70. The molecule has 168 valence electrons. The van der Waals surface area contributed by atoms with Crippen LogP contribution in [0.1, 0.15) is 50.7 Å². The number of ether oxygens (including phenoxy) is 2. The molecule has 0 unspecified atom stereocenters. The highest BCUT2D eigenvalue weighted by Crippen LogP contribution is 2.49. The number of nitrogens with two attached hydrogens (primary N) is 2. The van der Waals surface area contributed by atoms with Crippen molar-refractivity contribution in [3.8, 4) is 17.0 Å². The lowest BCUT2D eigenvalue weighted by atomic mass is 9.71. The Morgan fingerprint density at radius 1 is 1.16 bits per heavy atom. The Kier molecular flexibility index (Phi) is 6.08. The zero-order chi connectivity index (χ0) is 22.2. The molecule has 1 saturated carbocycles. The van der Waals surface area contributed by atoms with E-state index < -0.39 is 0 Å². The van der Waals surface area contributed by atoms with Gasteiger partial charge in [-0.1, -0.05) is 13.8 Å². The lowest BCUT2D eigenvalue weighted by Crippen LogP contribution is -2.33. The Morgan fingerprint density at radius 3 is 2.61 bits per heavy atom. The topological polar surface area (TPSA) is 99.5 Å². The van der Waals surface area contributed by atoms with E-state index in [1.54, 1.807) is 13.4 Å². The number of hydrogen-bond acceptors (Lipinski definition) is 7. The Hall–Kier alpha value is -2.38. The van der Waals surface area contributed by atoms with Gasteiger partial charge in [0.05, 0.1) is 24.1 Å². The molecular formula is C24H35N5O2. The van der Waals surface area contributed by atoms with Crippen molar-refractivity contribution in [1.29, 1.82) is 0 Å². The number of benzene rings is 1. The molecule has 2 aliphatic carbocycles. The average Bonchev–Trinajstić information content (AvgIpc) is 2.73. The number of rotatable bonds is 6. The Balaban J connectivity index is 1.80. The van der Waals surface area contributed by atoms with Crippen molar-refractivity contribution in [3.05, 3.63) is 29.6 Å². The van der Waals surface area contributed by atoms with Crippen LogP contribution in [0.15, 0.2) is 18.5 Å². The van der Waals surface area contributed by atoms with Crippen LogP contribution in [0.25, 0.3) is 11.3 Å². The van der Waals surface area contributed by atoms with Gasteiger partial charge in [-0.3, -0.25) is 0 Å². The molecule has 7 nitrogen and oxygen atoms in total. The summed E-state index contributed by atoms with van der Waals surface area (Å²) in [4.78, 5) is 11.2. The molecule has 0 atom stereocenters. The second-order valence-electron chi connectivity index (χ2n) is 9.55. The molecule has 4 rings (SSSR count). The van der Waals surface area contributed by atoms with Crippen LogP contribution in [0.3, 0.4) is 0 Å². The van der Waals surface area contributed by atoms with Gasteiger partial charge < -0.3 is 25.8 Å². The number of nitrogen functional groups attached to an aromatic ring is 1. The molecule has 0 aliphatic heterocycles. The second-order valence-corrected chi connectivity index (χ2v) is 9.55. The molecule has 0 spiro atoms. The number of likely N-dealkylation sites (N-methyl/N-ethyl adjacent to an activating group) is 1. The third kappa shape index (κ3) is 4.21. The minimum atomic E-state index is -0.180.